The maximum Gasteiger partial charge on any atom is 0.200 e. The third-order valence-corrected chi connectivity index (χ3v) is 3.87. The molecule has 4 N–H and O–H groups in total. The van der Waals surface area contributed by atoms with E-state index >= 15 is 0 Å². The molecule has 2 fully saturated rings. The molecule has 5 heteroatoms. The monoisotopic (exact) mass is 251 g/mol. The van der Waals surface area contributed by atoms with E-state index in [9.17, 15) is 15.3 Å². The normalized spacial score (nSPS) is 29.9. The highest BCUT2D eigenvalue weighted by Gasteiger charge is 2.40. The van der Waals surface area contributed by atoms with E-state index in [1.54, 1.807) is 6.07 Å². The van der Waals surface area contributed by atoms with Crippen LogP contribution in [0.15, 0.2) is 12.1 Å². The van der Waals surface area contributed by atoms with Crippen molar-refractivity contribution in [2.45, 2.75) is 44.1 Å². The zero-order valence-corrected chi connectivity index (χ0v) is 9.97. The molecule has 0 spiro atoms. The molecule has 0 amide bonds. The molecule has 2 aliphatic heterocycles. The van der Waals surface area contributed by atoms with Crippen LogP contribution in [0.1, 0.15) is 24.8 Å². The van der Waals surface area contributed by atoms with Crippen LogP contribution >= 0.6 is 0 Å². The average molecular weight is 251 g/mol. The third kappa shape index (κ3) is 1.89. The Bertz CT molecular complexity index is 463. The topological polar surface area (TPSA) is 82.0 Å². The van der Waals surface area contributed by atoms with E-state index in [0.29, 0.717) is 24.3 Å². The number of fused-ring (bicyclic) bond motifs is 2. The van der Waals surface area contributed by atoms with E-state index in [0.717, 1.165) is 19.3 Å². The first-order valence-corrected chi connectivity index (χ1v) is 6.27. The van der Waals surface area contributed by atoms with Gasteiger partial charge in [-0.3, -0.25) is 0 Å². The molecule has 18 heavy (non-hydrogen) atoms. The van der Waals surface area contributed by atoms with E-state index in [2.05, 4.69) is 5.32 Å². The highest BCUT2D eigenvalue weighted by Crippen LogP contribution is 2.38. The van der Waals surface area contributed by atoms with E-state index in [1.807, 2.05) is 0 Å². The van der Waals surface area contributed by atoms with Crippen LogP contribution in [0.2, 0.25) is 0 Å². The molecule has 0 aliphatic carbocycles. The Labute approximate surface area is 105 Å². The van der Waals surface area contributed by atoms with Gasteiger partial charge in [0.05, 0.1) is 12.2 Å². The Morgan fingerprint density at radius 2 is 2.00 bits per heavy atom. The maximum atomic E-state index is 9.70. The summed E-state index contributed by atoms with van der Waals surface area (Å²) in [5.74, 6) is -1.02. The Morgan fingerprint density at radius 3 is 2.67 bits per heavy atom. The van der Waals surface area contributed by atoms with Gasteiger partial charge in [-0.1, -0.05) is 6.07 Å². The van der Waals surface area contributed by atoms with E-state index in [4.69, 9.17) is 4.74 Å². The summed E-state index contributed by atoms with van der Waals surface area (Å²) in [7, 11) is 0. The van der Waals surface area contributed by atoms with Crippen LogP contribution in [0.4, 0.5) is 0 Å². The molecular formula is C13H17NO4. The predicted molar refractivity (Wildman–Crippen MR) is 64.6 cm³/mol. The molecule has 2 heterocycles. The maximum absolute atomic E-state index is 9.70. The molecule has 0 saturated carbocycles. The van der Waals surface area contributed by atoms with Gasteiger partial charge < -0.3 is 25.4 Å². The van der Waals surface area contributed by atoms with Gasteiger partial charge in [0.2, 0.25) is 5.75 Å². The number of ether oxygens (including phenoxy) is 1. The molecule has 3 atom stereocenters. The minimum Gasteiger partial charge on any atom is -0.504 e. The van der Waals surface area contributed by atoms with Gasteiger partial charge in [-0.05, 0) is 25.3 Å². The zero-order valence-electron chi connectivity index (χ0n) is 9.97. The summed E-state index contributed by atoms with van der Waals surface area (Å²) < 4.78 is 5.73. The van der Waals surface area contributed by atoms with Crippen molar-refractivity contribution < 1.29 is 20.1 Å². The van der Waals surface area contributed by atoms with Gasteiger partial charge >= 0.3 is 0 Å². The first-order chi connectivity index (χ1) is 8.65. The lowest BCUT2D eigenvalue weighted by Gasteiger charge is -2.20. The number of benzene rings is 1. The van der Waals surface area contributed by atoms with Crippen LogP contribution in [0.25, 0.3) is 0 Å². The molecule has 1 aromatic rings. The van der Waals surface area contributed by atoms with Crippen molar-refractivity contribution >= 4 is 0 Å². The van der Waals surface area contributed by atoms with Crippen molar-refractivity contribution in [1.82, 2.24) is 5.32 Å². The van der Waals surface area contributed by atoms with Crippen molar-refractivity contribution in [3.8, 4) is 17.2 Å². The standard InChI is InChI=1S/C13H17NO4/c15-10-3-1-7(12(16)13(10)17)6-14-9-5-8-2-4-11(9)18-8/h1,3,8-9,11,14-17H,2,4-6H2. The van der Waals surface area contributed by atoms with E-state index in [1.165, 1.54) is 6.07 Å². The van der Waals surface area contributed by atoms with Gasteiger partial charge in [0, 0.05) is 18.2 Å². The first kappa shape index (κ1) is 11.6. The molecule has 0 aromatic heterocycles. The lowest BCUT2D eigenvalue weighted by atomic mass is 9.95. The summed E-state index contributed by atoms with van der Waals surface area (Å²) in [4.78, 5) is 0. The van der Waals surface area contributed by atoms with Gasteiger partial charge in [-0.2, -0.15) is 0 Å². The summed E-state index contributed by atoms with van der Waals surface area (Å²) >= 11 is 0. The van der Waals surface area contributed by atoms with Crippen LogP contribution in [-0.4, -0.2) is 33.6 Å². The average Bonchev–Trinajstić information content (AvgIpc) is 2.97. The van der Waals surface area contributed by atoms with E-state index in [-0.39, 0.29) is 17.6 Å². The second-order valence-corrected chi connectivity index (χ2v) is 5.04. The molecule has 3 unspecified atom stereocenters. The van der Waals surface area contributed by atoms with Crippen LogP contribution < -0.4 is 5.32 Å². The van der Waals surface area contributed by atoms with Crippen molar-refractivity contribution in [3.05, 3.63) is 17.7 Å². The molecule has 5 nitrogen and oxygen atoms in total. The fraction of sp³-hybridized carbons (Fsp3) is 0.538. The number of aromatic hydroxyl groups is 3. The largest absolute Gasteiger partial charge is 0.504 e. The first-order valence-electron chi connectivity index (χ1n) is 6.27. The Hall–Kier alpha value is -1.46. The van der Waals surface area contributed by atoms with Crippen molar-refractivity contribution in [1.29, 1.82) is 0 Å². The zero-order chi connectivity index (χ0) is 12.7. The molecule has 3 rings (SSSR count). The van der Waals surface area contributed by atoms with E-state index < -0.39 is 5.75 Å². The second kappa shape index (κ2) is 4.33. The number of phenolic OH excluding ortho intramolecular Hbond substituents is 3. The minimum atomic E-state index is -0.460. The number of hydrogen-bond acceptors (Lipinski definition) is 5. The highest BCUT2D eigenvalue weighted by molar-refractivity contribution is 5.53. The highest BCUT2D eigenvalue weighted by atomic mass is 16.5. The molecule has 1 aromatic carbocycles. The van der Waals surface area contributed by atoms with Gasteiger partial charge in [-0.25, -0.2) is 0 Å². The SMILES string of the molecule is Oc1ccc(CNC2CC3CCC2O3)c(O)c1O. The van der Waals surface area contributed by atoms with Crippen LogP contribution in [-0.2, 0) is 11.3 Å². The molecule has 2 aliphatic rings. The number of rotatable bonds is 3. The summed E-state index contributed by atoms with van der Waals surface area (Å²) in [6, 6.07) is 3.30. The fourth-order valence-corrected chi connectivity index (χ4v) is 2.85. The molecule has 2 bridgehead atoms. The van der Waals surface area contributed by atoms with Crippen molar-refractivity contribution in [3.63, 3.8) is 0 Å². The Kier molecular flexibility index (Phi) is 2.80. The Morgan fingerprint density at radius 1 is 1.17 bits per heavy atom. The number of nitrogens with one attached hydrogen (secondary N) is 1. The van der Waals surface area contributed by atoms with Crippen molar-refractivity contribution in [2.24, 2.45) is 0 Å². The molecule has 98 valence electrons. The quantitative estimate of drug-likeness (QED) is 0.607. The van der Waals surface area contributed by atoms with Crippen LogP contribution in [0, 0.1) is 0 Å². The summed E-state index contributed by atoms with van der Waals surface area (Å²) in [6.07, 6.45) is 3.91. The summed E-state index contributed by atoms with van der Waals surface area (Å²) in [5, 5.41) is 31.7. The van der Waals surface area contributed by atoms with Crippen molar-refractivity contribution in [2.75, 3.05) is 0 Å². The molecular weight excluding hydrogens is 234 g/mol. The van der Waals surface area contributed by atoms with Gasteiger partial charge in [0.15, 0.2) is 11.5 Å². The third-order valence-electron chi connectivity index (χ3n) is 3.87. The smallest absolute Gasteiger partial charge is 0.200 e. The van der Waals surface area contributed by atoms with Gasteiger partial charge in [0.25, 0.3) is 0 Å². The van der Waals surface area contributed by atoms with Gasteiger partial charge in [-0.15, -0.1) is 0 Å². The van der Waals surface area contributed by atoms with Gasteiger partial charge in [0.1, 0.15) is 0 Å². The minimum absolute atomic E-state index is 0.258. The lowest BCUT2D eigenvalue weighted by molar-refractivity contribution is 0.0972. The molecule has 2 saturated heterocycles. The lowest BCUT2D eigenvalue weighted by Crippen LogP contribution is -2.36. The number of phenols is 3. The van der Waals surface area contributed by atoms with Crippen LogP contribution in [0.5, 0.6) is 17.2 Å². The summed E-state index contributed by atoms with van der Waals surface area (Å²) in [6.45, 7) is 0.455. The van der Waals surface area contributed by atoms with Crippen LogP contribution in [0.3, 0.4) is 0 Å². The predicted octanol–water partition coefficient (Wildman–Crippen LogP) is 1.21. The fourth-order valence-electron chi connectivity index (χ4n) is 2.85. The summed E-state index contributed by atoms with van der Waals surface area (Å²) in [5.41, 5.74) is 0.577. The molecule has 0 radical (unpaired) electrons. The number of hydrogen-bond donors (Lipinski definition) is 4. The second-order valence-electron chi connectivity index (χ2n) is 5.04. The Balaban J connectivity index is 1.65.